The Morgan fingerprint density at radius 1 is 0.964 bits per heavy atom. The number of benzene rings is 3. The van der Waals surface area contributed by atoms with Crippen LogP contribution < -0.4 is 4.90 Å². The fourth-order valence-corrected chi connectivity index (χ4v) is 3.09. The zero-order valence-electron chi connectivity index (χ0n) is 16.2. The normalized spacial score (nSPS) is 10.9. The van der Waals surface area contributed by atoms with Gasteiger partial charge >= 0.3 is 0 Å². The van der Waals surface area contributed by atoms with Gasteiger partial charge in [0.05, 0.1) is 5.69 Å². The van der Waals surface area contributed by atoms with Crippen molar-refractivity contribution < 1.29 is 9.90 Å². The third-order valence-electron chi connectivity index (χ3n) is 4.67. The second-order valence-electron chi connectivity index (χ2n) is 6.39. The van der Waals surface area contributed by atoms with Crippen LogP contribution in [0.25, 0.3) is 0 Å². The molecule has 0 atom stereocenters. The van der Waals surface area contributed by atoms with Crippen LogP contribution in [0.4, 0.5) is 11.4 Å². The minimum atomic E-state index is -0.0746. The average molecular weight is 372 g/mol. The van der Waals surface area contributed by atoms with Crippen LogP contribution in [0.15, 0.2) is 77.8 Å². The number of aliphatic imine (C=N–C) groups is 1. The van der Waals surface area contributed by atoms with Gasteiger partial charge in [-0.15, -0.1) is 0 Å². The Morgan fingerprint density at radius 2 is 1.64 bits per heavy atom. The minimum Gasteiger partial charge on any atom is -0.507 e. The molecule has 3 rings (SSSR count). The third kappa shape index (κ3) is 4.29. The number of phenols is 1. The summed E-state index contributed by atoms with van der Waals surface area (Å²) in [6.07, 6.45) is 1.60. The summed E-state index contributed by atoms with van der Waals surface area (Å²) in [5.74, 6) is 0.0921. The molecule has 0 saturated carbocycles. The van der Waals surface area contributed by atoms with Crippen molar-refractivity contribution in [1.82, 2.24) is 0 Å². The van der Waals surface area contributed by atoms with E-state index in [9.17, 15) is 9.90 Å². The van der Waals surface area contributed by atoms with E-state index in [0.29, 0.717) is 22.4 Å². The van der Waals surface area contributed by atoms with Gasteiger partial charge in [0.1, 0.15) is 5.75 Å². The summed E-state index contributed by atoms with van der Waals surface area (Å²) in [7, 11) is 0. The fraction of sp³-hybridized carbons (Fsp3) is 0.167. The number of phenolic OH excluding ortho intramolecular Hbond substituents is 1. The van der Waals surface area contributed by atoms with Gasteiger partial charge in [-0.3, -0.25) is 9.79 Å². The number of aromatic hydroxyl groups is 1. The second kappa shape index (κ2) is 9.00. The highest BCUT2D eigenvalue weighted by molar-refractivity contribution is 6.12. The number of hydrogen-bond donors (Lipinski definition) is 1. The largest absolute Gasteiger partial charge is 0.507 e. The number of anilines is 1. The Kier molecular flexibility index (Phi) is 6.22. The average Bonchev–Trinajstić information content (AvgIpc) is 2.74. The van der Waals surface area contributed by atoms with Gasteiger partial charge < -0.3 is 10.0 Å². The van der Waals surface area contributed by atoms with Crippen LogP contribution >= 0.6 is 0 Å². The van der Waals surface area contributed by atoms with E-state index >= 15 is 0 Å². The van der Waals surface area contributed by atoms with Crippen LogP contribution in [-0.2, 0) is 0 Å². The van der Waals surface area contributed by atoms with Crippen LogP contribution in [0, 0.1) is 0 Å². The van der Waals surface area contributed by atoms with Crippen molar-refractivity contribution in [2.45, 2.75) is 13.8 Å². The van der Waals surface area contributed by atoms with Crippen LogP contribution in [0.5, 0.6) is 5.75 Å². The molecule has 0 aromatic heterocycles. The Bertz CT molecular complexity index is 977. The molecule has 3 aromatic carbocycles. The quantitative estimate of drug-likeness (QED) is 0.457. The Labute approximate surface area is 165 Å². The van der Waals surface area contributed by atoms with Crippen molar-refractivity contribution in [3.05, 3.63) is 89.5 Å². The van der Waals surface area contributed by atoms with Gasteiger partial charge in [-0.2, -0.15) is 0 Å². The zero-order chi connectivity index (χ0) is 19.9. The first-order chi connectivity index (χ1) is 13.6. The summed E-state index contributed by atoms with van der Waals surface area (Å²) in [6.45, 7) is 5.91. The minimum absolute atomic E-state index is 0.0746. The zero-order valence-corrected chi connectivity index (χ0v) is 16.2. The summed E-state index contributed by atoms with van der Waals surface area (Å²) in [5.41, 5.74) is 3.31. The molecule has 0 bridgehead atoms. The molecule has 3 aromatic rings. The third-order valence-corrected chi connectivity index (χ3v) is 4.67. The summed E-state index contributed by atoms with van der Waals surface area (Å²) < 4.78 is 0. The molecule has 4 nitrogen and oxygen atoms in total. The van der Waals surface area contributed by atoms with Gasteiger partial charge in [0.2, 0.25) is 0 Å². The Morgan fingerprint density at radius 3 is 2.32 bits per heavy atom. The SMILES string of the molecule is CCN(CC)c1ccc(C=Nc2ccccc2C(=O)c2ccccc2)c(O)c1. The highest BCUT2D eigenvalue weighted by Gasteiger charge is 2.12. The molecule has 0 radical (unpaired) electrons. The van der Waals surface area contributed by atoms with E-state index in [1.54, 1.807) is 36.5 Å². The van der Waals surface area contributed by atoms with E-state index in [1.807, 2.05) is 42.5 Å². The Balaban J connectivity index is 1.89. The first-order valence-electron chi connectivity index (χ1n) is 9.44. The van der Waals surface area contributed by atoms with E-state index in [2.05, 4.69) is 23.7 Å². The lowest BCUT2D eigenvalue weighted by Crippen LogP contribution is -2.21. The van der Waals surface area contributed by atoms with Crippen molar-refractivity contribution in [2.75, 3.05) is 18.0 Å². The number of carbonyl (C=O) groups is 1. The molecule has 0 heterocycles. The summed E-state index contributed by atoms with van der Waals surface area (Å²) in [6, 6.07) is 21.9. The van der Waals surface area contributed by atoms with Crippen LogP contribution in [0.2, 0.25) is 0 Å². The molecule has 28 heavy (non-hydrogen) atoms. The van der Waals surface area contributed by atoms with Crippen molar-refractivity contribution in [1.29, 1.82) is 0 Å². The molecule has 0 fully saturated rings. The lowest BCUT2D eigenvalue weighted by atomic mass is 10.0. The second-order valence-corrected chi connectivity index (χ2v) is 6.39. The molecule has 1 N–H and O–H groups in total. The molecule has 0 aliphatic rings. The lowest BCUT2D eigenvalue weighted by molar-refractivity contribution is 0.103. The summed E-state index contributed by atoms with van der Waals surface area (Å²) in [4.78, 5) is 19.4. The molecule has 142 valence electrons. The predicted molar refractivity (Wildman–Crippen MR) is 115 cm³/mol. The highest BCUT2D eigenvalue weighted by Crippen LogP contribution is 2.26. The maximum absolute atomic E-state index is 12.8. The standard InChI is InChI=1S/C24H24N2O2/c1-3-26(4-2)20-15-14-19(23(27)16-20)17-25-22-13-9-8-12-21(22)24(28)18-10-6-5-7-11-18/h5-17,27H,3-4H2,1-2H3. The smallest absolute Gasteiger partial charge is 0.195 e. The maximum Gasteiger partial charge on any atom is 0.195 e. The molecule has 0 unspecified atom stereocenters. The van der Waals surface area contributed by atoms with Gasteiger partial charge in [-0.1, -0.05) is 42.5 Å². The fourth-order valence-electron chi connectivity index (χ4n) is 3.09. The van der Waals surface area contributed by atoms with Crippen LogP contribution in [0.3, 0.4) is 0 Å². The monoisotopic (exact) mass is 372 g/mol. The van der Waals surface area contributed by atoms with E-state index in [0.717, 1.165) is 18.8 Å². The van der Waals surface area contributed by atoms with Gasteiger partial charge in [0.15, 0.2) is 5.78 Å². The number of carbonyl (C=O) groups excluding carboxylic acids is 1. The van der Waals surface area contributed by atoms with Crippen molar-refractivity contribution in [2.24, 2.45) is 4.99 Å². The number of nitrogens with zero attached hydrogens (tertiary/aromatic N) is 2. The van der Waals surface area contributed by atoms with Gasteiger partial charge in [0, 0.05) is 47.7 Å². The first-order valence-corrected chi connectivity index (χ1v) is 9.44. The molecular formula is C24H24N2O2. The Hall–Kier alpha value is -3.40. The van der Waals surface area contributed by atoms with E-state index in [1.165, 1.54) is 0 Å². The maximum atomic E-state index is 12.8. The van der Waals surface area contributed by atoms with E-state index in [4.69, 9.17) is 0 Å². The number of rotatable bonds is 7. The first kappa shape index (κ1) is 19.4. The molecule has 0 aliphatic heterocycles. The van der Waals surface area contributed by atoms with Crippen molar-refractivity contribution in [3.63, 3.8) is 0 Å². The number of ketones is 1. The molecule has 0 spiro atoms. The van der Waals surface area contributed by atoms with Gasteiger partial charge in [0.25, 0.3) is 0 Å². The van der Waals surface area contributed by atoms with E-state index in [-0.39, 0.29) is 11.5 Å². The number of hydrogen-bond acceptors (Lipinski definition) is 4. The lowest BCUT2D eigenvalue weighted by Gasteiger charge is -2.21. The molecule has 4 heteroatoms. The van der Waals surface area contributed by atoms with Gasteiger partial charge in [-0.25, -0.2) is 0 Å². The van der Waals surface area contributed by atoms with E-state index < -0.39 is 0 Å². The molecular weight excluding hydrogens is 348 g/mol. The van der Waals surface area contributed by atoms with Crippen LogP contribution in [-0.4, -0.2) is 30.2 Å². The summed E-state index contributed by atoms with van der Waals surface area (Å²) in [5, 5.41) is 10.4. The highest BCUT2D eigenvalue weighted by atomic mass is 16.3. The molecule has 0 amide bonds. The number of para-hydroxylation sites is 1. The topological polar surface area (TPSA) is 52.9 Å². The van der Waals surface area contributed by atoms with Crippen molar-refractivity contribution >= 4 is 23.4 Å². The molecule has 0 aliphatic carbocycles. The summed E-state index contributed by atoms with van der Waals surface area (Å²) >= 11 is 0. The van der Waals surface area contributed by atoms with Gasteiger partial charge in [-0.05, 0) is 38.1 Å². The van der Waals surface area contributed by atoms with Crippen molar-refractivity contribution in [3.8, 4) is 5.75 Å². The predicted octanol–water partition coefficient (Wildman–Crippen LogP) is 5.22. The molecule has 0 saturated heterocycles. The van der Waals surface area contributed by atoms with Crippen LogP contribution in [0.1, 0.15) is 35.3 Å².